The largest absolute Gasteiger partial charge is 0.507 e. The van der Waals surface area contributed by atoms with Gasteiger partial charge in [-0.2, -0.15) is 5.10 Å². The van der Waals surface area contributed by atoms with Crippen molar-refractivity contribution in [2.75, 3.05) is 0 Å². The zero-order chi connectivity index (χ0) is 17.6. The number of phenols is 1. The summed E-state index contributed by atoms with van der Waals surface area (Å²) in [5, 5.41) is 14.0. The molecular weight excluding hydrogens is 336 g/mol. The summed E-state index contributed by atoms with van der Waals surface area (Å²) >= 11 is 5.86. The number of aromatic hydroxyl groups is 1. The number of halogens is 1. The Bertz CT molecular complexity index is 907. The van der Waals surface area contributed by atoms with Crippen molar-refractivity contribution >= 4 is 23.7 Å². The highest BCUT2D eigenvalue weighted by Crippen LogP contribution is 2.20. The van der Waals surface area contributed by atoms with E-state index in [1.165, 1.54) is 12.3 Å². The smallest absolute Gasteiger partial charge is 0.271 e. The molecule has 3 rings (SSSR count). The minimum absolute atomic E-state index is 0.0367. The van der Waals surface area contributed by atoms with Crippen LogP contribution in [-0.2, 0) is 0 Å². The molecule has 2 N–H and O–H groups in total. The first-order valence-corrected chi connectivity index (χ1v) is 7.99. The highest BCUT2D eigenvalue weighted by Gasteiger charge is 2.05. The van der Waals surface area contributed by atoms with Crippen molar-refractivity contribution in [2.45, 2.75) is 0 Å². The first kappa shape index (κ1) is 16.7. The molecule has 0 aliphatic heterocycles. The van der Waals surface area contributed by atoms with Gasteiger partial charge in [0.2, 0.25) is 0 Å². The zero-order valence-electron chi connectivity index (χ0n) is 13.2. The van der Waals surface area contributed by atoms with E-state index in [-0.39, 0.29) is 11.7 Å². The van der Waals surface area contributed by atoms with Crippen molar-refractivity contribution in [1.29, 1.82) is 0 Å². The molecule has 0 bridgehead atoms. The Labute approximate surface area is 150 Å². The summed E-state index contributed by atoms with van der Waals surface area (Å²) < 4.78 is 0. The van der Waals surface area contributed by atoms with Gasteiger partial charge in [-0.15, -0.1) is 0 Å². The minimum atomic E-state index is -0.336. The maximum absolute atomic E-state index is 12.1. The van der Waals surface area contributed by atoms with Crippen molar-refractivity contribution in [2.24, 2.45) is 5.10 Å². The van der Waals surface area contributed by atoms with E-state index in [9.17, 15) is 9.90 Å². The van der Waals surface area contributed by atoms with E-state index in [4.69, 9.17) is 11.6 Å². The Hall–Kier alpha value is -3.11. The molecule has 3 aromatic carbocycles. The predicted molar refractivity (Wildman–Crippen MR) is 100 cm³/mol. The third-order valence-corrected chi connectivity index (χ3v) is 3.85. The molecule has 0 saturated carbocycles. The number of carbonyl (C=O) groups excluding carboxylic acids is 1. The Balaban J connectivity index is 1.67. The first-order valence-electron chi connectivity index (χ1n) is 7.61. The summed E-state index contributed by atoms with van der Waals surface area (Å²) in [5.74, 6) is -0.299. The molecule has 0 saturated heterocycles. The van der Waals surface area contributed by atoms with Gasteiger partial charge in [0.05, 0.1) is 6.21 Å². The van der Waals surface area contributed by atoms with Crippen LogP contribution in [0.4, 0.5) is 0 Å². The van der Waals surface area contributed by atoms with E-state index in [2.05, 4.69) is 10.5 Å². The number of amides is 1. The lowest BCUT2D eigenvalue weighted by atomic mass is 10.0. The minimum Gasteiger partial charge on any atom is -0.507 e. The number of nitrogens with one attached hydrogen (secondary N) is 1. The van der Waals surface area contributed by atoms with Crippen LogP contribution in [0, 0.1) is 0 Å². The van der Waals surface area contributed by atoms with Crippen molar-refractivity contribution in [3.63, 3.8) is 0 Å². The second-order valence-electron chi connectivity index (χ2n) is 5.35. The van der Waals surface area contributed by atoms with Crippen molar-refractivity contribution < 1.29 is 9.90 Å². The van der Waals surface area contributed by atoms with Crippen LogP contribution in [0.15, 0.2) is 77.9 Å². The fourth-order valence-electron chi connectivity index (χ4n) is 2.30. The normalized spacial score (nSPS) is 10.8. The number of nitrogens with zero attached hydrogens (tertiary/aromatic N) is 1. The second kappa shape index (κ2) is 7.64. The lowest BCUT2D eigenvalue weighted by Crippen LogP contribution is -2.17. The average molecular weight is 351 g/mol. The zero-order valence-corrected chi connectivity index (χ0v) is 13.9. The van der Waals surface area contributed by atoms with E-state index < -0.39 is 0 Å². The molecule has 1 amide bonds. The van der Waals surface area contributed by atoms with Gasteiger partial charge < -0.3 is 5.11 Å². The Morgan fingerprint density at radius 2 is 1.64 bits per heavy atom. The summed E-state index contributed by atoms with van der Waals surface area (Å²) in [6.07, 6.45) is 1.34. The fraction of sp³-hybridized carbons (Fsp3) is 0. The quantitative estimate of drug-likeness (QED) is 0.538. The Kier molecular flexibility index (Phi) is 5.11. The maximum atomic E-state index is 12.1. The fourth-order valence-corrected chi connectivity index (χ4v) is 2.48. The molecule has 0 spiro atoms. The van der Waals surface area contributed by atoms with E-state index >= 15 is 0 Å². The van der Waals surface area contributed by atoms with Gasteiger partial charge in [0.25, 0.3) is 5.91 Å². The highest BCUT2D eigenvalue weighted by molar-refractivity contribution is 6.30. The molecule has 0 unspecified atom stereocenters. The summed E-state index contributed by atoms with van der Waals surface area (Å²) in [7, 11) is 0. The Morgan fingerprint density at radius 1 is 0.960 bits per heavy atom. The molecule has 0 atom stereocenters. The van der Waals surface area contributed by atoms with Gasteiger partial charge >= 0.3 is 0 Å². The van der Waals surface area contributed by atoms with Gasteiger partial charge in [0.1, 0.15) is 5.75 Å². The molecule has 25 heavy (non-hydrogen) atoms. The molecule has 0 aliphatic carbocycles. The number of benzene rings is 3. The summed E-state index contributed by atoms with van der Waals surface area (Å²) in [4.78, 5) is 12.1. The number of rotatable bonds is 4. The van der Waals surface area contributed by atoms with Crippen LogP contribution in [0.3, 0.4) is 0 Å². The van der Waals surface area contributed by atoms with Gasteiger partial charge in [-0.25, -0.2) is 5.43 Å². The molecule has 5 heteroatoms. The summed E-state index contributed by atoms with van der Waals surface area (Å²) in [6.45, 7) is 0. The molecule has 0 heterocycles. The van der Waals surface area contributed by atoms with Gasteiger partial charge in [-0.05, 0) is 41.5 Å². The van der Waals surface area contributed by atoms with Crippen LogP contribution < -0.4 is 5.43 Å². The highest BCUT2D eigenvalue weighted by atomic mass is 35.5. The summed E-state index contributed by atoms with van der Waals surface area (Å²) in [5.41, 5.74) is 5.46. The Morgan fingerprint density at radius 3 is 2.36 bits per heavy atom. The third kappa shape index (κ3) is 4.25. The predicted octanol–water partition coefficient (Wildman–Crippen LogP) is 4.48. The molecule has 0 radical (unpaired) electrons. The van der Waals surface area contributed by atoms with Crippen LogP contribution in [0.25, 0.3) is 11.1 Å². The van der Waals surface area contributed by atoms with Crippen LogP contribution in [0.5, 0.6) is 5.75 Å². The number of carbonyl (C=O) groups is 1. The van der Waals surface area contributed by atoms with Crippen LogP contribution >= 0.6 is 11.6 Å². The van der Waals surface area contributed by atoms with E-state index in [0.717, 1.165) is 11.1 Å². The number of hydrazone groups is 1. The molecule has 0 fully saturated rings. The number of hydrogen-bond donors (Lipinski definition) is 2. The topological polar surface area (TPSA) is 61.7 Å². The van der Waals surface area contributed by atoms with Gasteiger partial charge in [-0.3, -0.25) is 4.79 Å². The van der Waals surface area contributed by atoms with Crippen molar-refractivity contribution in [3.05, 3.63) is 88.9 Å². The van der Waals surface area contributed by atoms with Crippen molar-refractivity contribution in [3.8, 4) is 16.9 Å². The second-order valence-corrected chi connectivity index (χ2v) is 5.78. The lowest BCUT2D eigenvalue weighted by molar-refractivity contribution is 0.0955. The monoisotopic (exact) mass is 350 g/mol. The molecule has 124 valence electrons. The van der Waals surface area contributed by atoms with Crippen LogP contribution in [0.1, 0.15) is 15.9 Å². The van der Waals surface area contributed by atoms with E-state index in [0.29, 0.717) is 16.1 Å². The SMILES string of the molecule is O=C(N/N=C/c1cc(Cl)ccc1O)c1ccc(-c2ccccc2)cc1. The van der Waals surface area contributed by atoms with Crippen LogP contribution in [0.2, 0.25) is 5.02 Å². The van der Waals surface area contributed by atoms with Crippen molar-refractivity contribution in [1.82, 2.24) is 5.43 Å². The molecular formula is C20H15ClN2O2. The number of phenolic OH excluding ortho intramolecular Hbond substituents is 1. The third-order valence-electron chi connectivity index (χ3n) is 3.61. The first-order chi connectivity index (χ1) is 12.1. The van der Waals surface area contributed by atoms with Gasteiger partial charge in [0, 0.05) is 16.1 Å². The summed E-state index contributed by atoms with van der Waals surface area (Å²) in [6, 6.07) is 21.8. The van der Waals surface area contributed by atoms with Crippen LogP contribution in [-0.4, -0.2) is 17.2 Å². The lowest BCUT2D eigenvalue weighted by Gasteiger charge is -2.04. The van der Waals surface area contributed by atoms with Gasteiger partial charge in [0.15, 0.2) is 0 Å². The van der Waals surface area contributed by atoms with Gasteiger partial charge in [-0.1, -0.05) is 54.1 Å². The molecule has 4 nitrogen and oxygen atoms in total. The standard InChI is InChI=1S/C20H15ClN2O2/c21-18-10-11-19(24)17(12-18)13-22-23-20(25)16-8-6-15(7-9-16)14-4-2-1-3-5-14/h1-13,24H,(H,23,25)/b22-13+. The average Bonchev–Trinajstić information content (AvgIpc) is 2.65. The molecule has 3 aromatic rings. The van der Waals surface area contributed by atoms with E-state index in [1.807, 2.05) is 42.5 Å². The number of hydrogen-bond acceptors (Lipinski definition) is 3. The molecule has 0 aromatic heterocycles. The molecule has 0 aliphatic rings. The van der Waals surface area contributed by atoms with E-state index in [1.54, 1.807) is 24.3 Å². The maximum Gasteiger partial charge on any atom is 0.271 e.